The maximum Gasteiger partial charge on any atom is 0.251 e. The van der Waals surface area contributed by atoms with E-state index < -0.39 is 0 Å². The van der Waals surface area contributed by atoms with Gasteiger partial charge in [-0.1, -0.05) is 42.5 Å². The van der Waals surface area contributed by atoms with Crippen LogP contribution in [0.15, 0.2) is 72.8 Å². The summed E-state index contributed by atoms with van der Waals surface area (Å²) in [5.74, 6) is 2.07. The Morgan fingerprint density at radius 2 is 1.68 bits per heavy atom. The topological polar surface area (TPSA) is 70.2 Å². The minimum atomic E-state index is -0.0352. The van der Waals surface area contributed by atoms with Crippen LogP contribution in [0.5, 0.6) is 0 Å². The molecule has 0 spiro atoms. The highest BCUT2D eigenvalue weighted by Crippen LogP contribution is 2.41. The zero-order valence-corrected chi connectivity index (χ0v) is 21.6. The fraction of sp³-hybridized carbons (Fsp3) is 0.375. The molecule has 2 aliphatic heterocycles. The zero-order chi connectivity index (χ0) is 25.5. The highest BCUT2D eigenvalue weighted by molar-refractivity contribution is 6.01. The van der Waals surface area contributed by atoms with Gasteiger partial charge in [-0.25, -0.2) is 0 Å². The smallest absolute Gasteiger partial charge is 0.251 e. The van der Waals surface area contributed by atoms with E-state index in [1.54, 1.807) is 0 Å². The number of benzene rings is 3. The first-order valence-electron chi connectivity index (χ1n) is 14.0. The van der Waals surface area contributed by atoms with E-state index in [9.17, 15) is 4.79 Å². The first kappa shape index (κ1) is 23.5. The molecule has 1 aromatic heterocycles. The van der Waals surface area contributed by atoms with Crippen molar-refractivity contribution in [3.05, 3.63) is 83.9 Å². The lowest BCUT2D eigenvalue weighted by atomic mass is 9.83. The van der Waals surface area contributed by atoms with E-state index in [4.69, 9.17) is 4.74 Å². The van der Waals surface area contributed by atoms with E-state index in [-0.39, 0.29) is 11.9 Å². The van der Waals surface area contributed by atoms with Gasteiger partial charge in [0.2, 0.25) is 0 Å². The summed E-state index contributed by atoms with van der Waals surface area (Å²) < 4.78 is 5.40. The molecule has 1 atom stereocenters. The molecule has 194 valence electrons. The monoisotopic (exact) mass is 506 g/mol. The molecule has 2 N–H and O–H groups in total. The standard InChI is InChI=1S/C32H34N4O2/c37-32(33-30(23-6-7-23)22-4-2-1-3-5-22)25-10-13-29-28(18-25)31(35-34-29)24-8-11-27(12-9-24)36-16-14-21(15-17-36)26-19-38-20-26/h1-5,8-13,18,21,23,26,30H,6-7,14-17,19-20H2,(H,33,37)(H,34,35). The Hall–Kier alpha value is -3.64. The average molecular weight is 507 g/mol. The number of hydrogen-bond donors (Lipinski definition) is 2. The third kappa shape index (κ3) is 4.58. The van der Waals surface area contributed by atoms with Crippen molar-refractivity contribution < 1.29 is 9.53 Å². The van der Waals surface area contributed by atoms with Crippen LogP contribution >= 0.6 is 0 Å². The van der Waals surface area contributed by atoms with Gasteiger partial charge in [-0.3, -0.25) is 9.89 Å². The van der Waals surface area contributed by atoms with Crippen molar-refractivity contribution >= 4 is 22.5 Å². The van der Waals surface area contributed by atoms with Crippen LogP contribution in [0, 0.1) is 17.8 Å². The Morgan fingerprint density at radius 3 is 2.37 bits per heavy atom. The Balaban J connectivity index is 1.08. The number of nitrogens with zero attached hydrogens (tertiary/aromatic N) is 2. The van der Waals surface area contributed by atoms with Crippen LogP contribution in [0.1, 0.15) is 47.6 Å². The Labute approximate surface area is 223 Å². The number of anilines is 1. The molecule has 3 aromatic carbocycles. The van der Waals surface area contributed by atoms with E-state index in [0.29, 0.717) is 11.5 Å². The SMILES string of the molecule is O=C(NC(c1ccccc1)C1CC1)c1ccc2[nH]nc(-c3ccc(N4CCC(C5COC5)CC4)cc3)c2c1. The number of carbonyl (C=O) groups excluding carboxylic acids is 1. The summed E-state index contributed by atoms with van der Waals surface area (Å²) in [5, 5.41) is 12.0. The van der Waals surface area contributed by atoms with E-state index in [1.807, 2.05) is 36.4 Å². The van der Waals surface area contributed by atoms with Crippen molar-refractivity contribution in [2.75, 3.05) is 31.2 Å². The van der Waals surface area contributed by atoms with Crippen molar-refractivity contribution in [2.45, 2.75) is 31.7 Å². The number of aromatic nitrogens is 2. The van der Waals surface area contributed by atoms with Gasteiger partial charge < -0.3 is 15.0 Å². The summed E-state index contributed by atoms with van der Waals surface area (Å²) in [7, 11) is 0. The van der Waals surface area contributed by atoms with E-state index in [1.165, 1.54) is 24.1 Å². The molecule has 6 heteroatoms. The van der Waals surface area contributed by atoms with Crippen molar-refractivity contribution in [1.29, 1.82) is 0 Å². The predicted octanol–water partition coefficient (Wildman–Crippen LogP) is 5.97. The summed E-state index contributed by atoms with van der Waals surface area (Å²) in [6, 6.07) is 24.9. The minimum absolute atomic E-state index is 0.0352. The molecule has 7 rings (SSSR count). The van der Waals surface area contributed by atoms with Gasteiger partial charge in [0, 0.05) is 41.2 Å². The summed E-state index contributed by atoms with van der Waals surface area (Å²) in [5.41, 5.74) is 5.98. The minimum Gasteiger partial charge on any atom is -0.381 e. The van der Waals surface area contributed by atoms with Gasteiger partial charge in [0.15, 0.2) is 0 Å². The second-order valence-electron chi connectivity index (χ2n) is 11.2. The largest absolute Gasteiger partial charge is 0.381 e. The van der Waals surface area contributed by atoms with E-state index in [0.717, 1.165) is 73.1 Å². The molecule has 3 aliphatic rings. The number of ether oxygens (including phenoxy) is 1. The lowest BCUT2D eigenvalue weighted by molar-refractivity contribution is -0.0650. The first-order valence-corrected chi connectivity index (χ1v) is 14.0. The van der Waals surface area contributed by atoms with Crippen molar-refractivity contribution in [2.24, 2.45) is 17.8 Å². The first-order chi connectivity index (χ1) is 18.7. The molecule has 0 bridgehead atoms. The van der Waals surface area contributed by atoms with E-state index in [2.05, 4.69) is 56.8 Å². The number of hydrogen-bond acceptors (Lipinski definition) is 4. The average Bonchev–Trinajstić information content (AvgIpc) is 3.70. The number of nitrogens with one attached hydrogen (secondary N) is 2. The highest BCUT2D eigenvalue weighted by Gasteiger charge is 2.34. The van der Waals surface area contributed by atoms with Gasteiger partial charge in [-0.05, 0) is 73.4 Å². The molecule has 3 fully saturated rings. The fourth-order valence-electron chi connectivity index (χ4n) is 6.15. The van der Waals surface area contributed by atoms with Crippen LogP contribution in [-0.4, -0.2) is 42.4 Å². The number of rotatable bonds is 7. The summed E-state index contributed by atoms with van der Waals surface area (Å²) in [6.45, 7) is 4.12. The summed E-state index contributed by atoms with van der Waals surface area (Å²) in [6.07, 6.45) is 4.81. The van der Waals surface area contributed by atoms with Gasteiger partial charge in [0.05, 0.1) is 30.5 Å². The highest BCUT2D eigenvalue weighted by atomic mass is 16.5. The normalized spacial score (nSPS) is 19.3. The fourth-order valence-corrected chi connectivity index (χ4v) is 6.15. The molecule has 1 aliphatic carbocycles. The van der Waals surface area contributed by atoms with Crippen LogP contribution in [0.2, 0.25) is 0 Å². The predicted molar refractivity (Wildman–Crippen MR) is 150 cm³/mol. The van der Waals surface area contributed by atoms with E-state index >= 15 is 0 Å². The lowest BCUT2D eigenvalue weighted by Gasteiger charge is -2.40. The number of piperidine rings is 1. The molecule has 0 radical (unpaired) electrons. The lowest BCUT2D eigenvalue weighted by Crippen LogP contribution is -2.42. The quantitative estimate of drug-likeness (QED) is 0.324. The number of H-pyrrole nitrogens is 1. The maximum atomic E-state index is 13.3. The molecule has 38 heavy (non-hydrogen) atoms. The Kier molecular flexibility index (Phi) is 6.12. The number of fused-ring (bicyclic) bond motifs is 1. The van der Waals surface area contributed by atoms with Crippen LogP contribution in [0.4, 0.5) is 5.69 Å². The van der Waals surface area contributed by atoms with Gasteiger partial charge in [0.1, 0.15) is 0 Å². The number of amides is 1. The number of carbonyl (C=O) groups is 1. The molecule has 3 heterocycles. The van der Waals surface area contributed by atoms with Crippen LogP contribution in [-0.2, 0) is 4.74 Å². The second kappa shape index (κ2) is 9.91. The molecular formula is C32H34N4O2. The molecule has 2 saturated heterocycles. The van der Waals surface area contributed by atoms with Crippen LogP contribution in [0.3, 0.4) is 0 Å². The molecule has 1 saturated carbocycles. The van der Waals surface area contributed by atoms with Gasteiger partial charge >= 0.3 is 0 Å². The third-order valence-electron chi connectivity index (χ3n) is 8.74. The van der Waals surface area contributed by atoms with Gasteiger partial charge in [0.25, 0.3) is 5.91 Å². The van der Waals surface area contributed by atoms with Crippen molar-refractivity contribution in [3.63, 3.8) is 0 Å². The second-order valence-corrected chi connectivity index (χ2v) is 11.2. The Bertz CT molecular complexity index is 1420. The molecular weight excluding hydrogens is 472 g/mol. The molecule has 6 nitrogen and oxygen atoms in total. The Morgan fingerprint density at radius 1 is 0.921 bits per heavy atom. The van der Waals surface area contributed by atoms with Gasteiger partial charge in [-0.2, -0.15) is 5.10 Å². The van der Waals surface area contributed by atoms with Crippen LogP contribution in [0.25, 0.3) is 22.2 Å². The van der Waals surface area contributed by atoms with Crippen LogP contribution < -0.4 is 10.2 Å². The van der Waals surface area contributed by atoms with Crippen molar-refractivity contribution in [3.8, 4) is 11.3 Å². The molecule has 1 amide bonds. The summed E-state index contributed by atoms with van der Waals surface area (Å²) >= 11 is 0. The molecule has 4 aromatic rings. The maximum absolute atomic E-state index is 13.3. The third-order valence-corrected chi connectivity index (χ3v) is 8.74. The molecule has 1 unspecified atom stereocenters. The van der Waals surface area contributed by atoms with Gasteiger partial charge in [-0.15, -0.1) is 0 Å². The van der Waals surface area contributed by atoms with Crippen molar-refractivity contribution in [1.82, 2.24) is 15.5 Å². The zero-order valence-electron chi connectivity index (χ0n) is 21.6. The summed E-state index contributed by atoms with van der Waals surface area (Å²) in [4.78, 5) is 15.8. The number of aromatic amines is 1.